The molecule has 0 saturated carbocycles. The lowest BCUT2D eigenvalue weighted by Crippen LogP contribution is -2.50. The number of morpholine rings is 1. The first-order valence-corrected chi connectivity index (χ1v) is 12.9. The molecule has 0 aromatic carbocycles. The molecule has 2 saturated heterocycles. The summed E-state index contributed by atoms with van der Waals surface area (Å²) in [5.74, 6) is 0.706. The molecule has 2 aliphatic heterocycles. The molecule has 2 fully saturated rings. The average Bonchev–Trinajstić information content (AvgIpc) is 3.29. The predicted molar refractivity (Wildman–Crippen MR) is 127 cm³/mol. The van der Waals surface area contributed by atoms with E-state index in [0.29, 0.717) is 25.5 Å². The van der Waals surface area contributed by atoms with Gasteiger partial charge in [-0.1, -0.05) is 39.0 Å². The SMILES string of the molecule is CCCCCCCCOC(=O)Cn1ccnc1CCC(=O)N1CCC(N2CCOCC2)CC1. The quantitative estimate of drug-likeness (QED) is 0.331. The number of carbonyl (C=O) groups is 2. The van der Waals surface area contributed by atoms with E-state index < -0.39 is 0 Å². The lowest BCUT2D eigenvalue weighted by atomic mass is 10.0. The molecule has 1 aromatic rings. The van der Waals surface area contributed by atoms with Gasteiger partial charge in [0.1, 0.15) is 12.4 Å². The van der Waals surface area contributed by atoms with Crippen LogP contribution in [0.4, 0.5) is 0 Å². The number of rotatable bonds is 13. The molecule has 3 heterocycles. The van der Waals surface area contributed by atoms with E-state index in [4.69, 9.17) is 9.47 Å². The molecular formula is C25H42N4O4. The largest absolute Gasteiger partial charge is 0.464 e. The minimum absolute atomic E-state index is 0.157. The van der Waals surface area contributed by atoms with Gasteiger partial charge in [0.15, 0.2) is 0 Å². The molecule has 8 nitrogen and oxygen atoms in total. The van der Waals surface area contributed by atoms with Gasteiger partial charge < -0.3 is 18.9 Å². The standard InChI is InChI=1S/C25H42N4O4/c1-2-3-4-5-6-7-18-33-25(31)21-29-15-12-26-23(29)8-9-24(30)28-13-10-22(11-14-28)27-16-19-32-20-17-27/h12,15,22H,2-11,13-14,16-21H2,1H3. The highest BCUT2D eigenvalue weighted by Crippen LogP contribution is 2.19. The molecule has 0 spiro atoms. The Balaban J connectivity index is 1.32. The van der Waals surface area contributed by atoms with E-state index in [0.717, 1.165) is 70.9 Å². The molecule has 3 rings (SSSR count). The van der Waals surface area contributed by atoms with Crippen molar-refractivity contribution in [2.24, 2.45) is 0 Å². The maximum absolute atomic E-state index is 12.7. The molecule has 0 atom stereocenters. The van der Waals surface area contributed by atoms with Gasteiger partial charge in [-0.05, 0) is 19.3 Å². The predicted octanol–water partition coefficient (Wildman–Crippen LogP) is 3.04. The second-order valence-corrected chi connectivity index (χ2v) is 9.22. The second-order valence-electron chi connectivity index (χ2n) is 9.22. The molecule has 8 heteroatoms. The number of ether oxygens (including phenoxy) is 2. The summed E-state index contributed by atoms with van der Waals surface area (Å²) in [7, 11) is 0. The van der Waals surface area contributed by atoms with Crippen LogP contribution in [0.2, 0.25) is 0 Å². The maximum atomic E-state index is 12.7. The smallest absolute Gasteiger partial charge is 0.325 e. The van der Waals surface area contributed by atoms with Crippen molar-refractivity contribution in [3.8, 4) is 0 Å². The highest BCUT2D eigenvalue weighted by molar-refractivity contribution is 5.76. The lowest BCUT2D eigenvalue weighted by molar-refractivity contribution is -0.144. The zero-order valence-electron chi connectivity index (χ0n) is 20.4. The molecule has 1 aromatic heterocycles. The summed E-state index contributed by atoms with van der Waals surface area (Å²) in [6.45, 7) is 8.12. The Labute approximate surface area is 198 Å². The van der Waals surface area contributed by atoms with E-state index in [2.05, 4.69) is 16.8 Å². The third-order valence-electron chi connectivity index (χ3n) is 6.80. The van der Waals surface area contributed by atoms with Crippen molar-refractivity contribution in [2.75, 3.05) is 46.0 Å². The van der Waals surface area contributed by atoms with Gasteiger partial charge in [0.2, 0.25) is 5.91 Å². The summed E-state index contributed by atoms with van der Waals surface area (Å²) in [5.41, 5.74) is 0. The minimum atomic E-state index is -0.237. The van der Waals surface area contributed by atoms with E-state index >= 15 is 0 Å². The number of piperidine rings is 1. The molecule has 33 heavy (non-hydrogen) atoms. The molecule has 0 N–H and O–H groups in total. The van der Waals surface area contributed by atoms with Crippen LogP contribution in [0.5, 0.6) is 0 Å². The van der Waals surface area contributed by atoms with Crippen LogP contribution in [0.3, 0.4) is 0 Å². The Morgan fingerprint density at radius 2 is 1.79 bits per heavy atom. The van der Waals surface area contributed by atoms with Gasteiger partial charge in [-0.15, -0.1) is 0 Å². The average molecular weight is 463 g/mol. The molecule has 0 radical (unpaired) electrons. The van der Waals surface area contributed by atoms with Gasteiger partial charge in [0.25, 0.3) is 0 Å². The van der Waals surface area contributed by atoms with Crippen molar-refractivity contribution in [2.45, 2.75) is 83.7 Å². The van der Waals surface area contributed by atoms with Gasteiger partial charge >= 0.3 is 5.97 Å². The van der Waals surface area contributed by atoms with Crippen LogP contribution >= 0.6 is 0 Å². The first-order chi connectivity index (χ1) is 16.2. The fourth-order valence-corrected chi connectivity index (χ4v) is 4.77. The summed E-state index contributed by atoms with van der Waals surface area (Å²) >= 11 is 0. The molecule has 2 aliphatic rings. The second kappa shape index (κ2) is 14.4. The highest BCUT2D eigenvalue weighted by Gasteiger charge is 2.27. The first-order valence-electron chi connectivity index (χ1n) is 12.9. The van der Waals surface area contributed by atoms with Gasteiger partial charge in [-0.2, -0.15) is 0 Å². The number of hydrogen-bond donors (Lipinski definition) is 0. The molecule has 186 valence electrons. The number of hydrogen-bond acceptors (Lipinski definition) is 6. The van der Waals surface area contributed by atoms with Crippen LogP contribution in [0.15, 0.2) is 12.4 Å². The van der Waals surface area contributed by atoms with Crippen molar-refractivity contribution in [3.05, 3.63) is 18.2 Å². The summed E-state index contributed by atoms with van der Waals surface area (Å²) in [4.78, 5) is 33.8. The monoisotopic (exact) mass is 462 g/mol. The van der Waals surface area contributed by atoms with Crippen LogP contribution in [-0.2, 0) is 32.0 Å². The normalized spacial score (nSPS) is 17.9. The van der Waals surface area contributed by atoms with Gasteiger partial charge in [-0.25, -0.2) is 4.98 Å². The molecule has 0 bridgehead atoms. The van der Waals surface area contributed by atoms with E-state index in [1.807, 2.05) is 9.47 Å². The van der Waals surface area contributed by atoms with Crippen LogP contribution in [0.1, 0.15) is 70.5 Å². The fourth-order valence-electron chi connectivity index (χ4n) is 4.77. The Bertz CT molecular complexity index is 709. The highest BCUT2D eigenvalue weighted by atomic mass is 16.5. The summed E-state index contributed by atoms with van der Waals surface area (Å²) in [6.07, 6.45) is 13.5. The Morgan fingerprint density at radius 1 is 1.06 bits per heavy atom. The van der Waals surface area contributed by atoms with E-state index in [-0.39, 0.29) is 18.4 Å². The number of unbranched alkanes of at least 4 members (excludes halogenated alkanes) is 5. The summed E-state index contributed by atoms with van der Waals surface area (Å²) in [6, 6.07) is 0.569. The van der Waals surface area contributed by atoms with Crippen molar-refractivity contribution in [3.63, 3.8) is 0 Å². The van der Waals surface area contributed by atoms with E-state index in [1.165, 1.54) is 25.7 Å². The number of aryl methyl sites for hydroxylation is 1. The Hall–Kier alpha value is -1.93. The molecule has 1 amide bonds. The number of nitrogens with zero attached hydrogens (tertiary/aromatic N) is 4. The summed E-state index contributed by atoms with van der Waals surface area (Å²) in [5, 5.41) is 0. The van der Waals surface area contributed by atoms with Crippen LogP contribution in [0, 0.1) is 0 Å². The van der Waals surface area contributed by atoms with E-state index in [9.17, 15) is 9.59 Å². The third-order valence-corrected chi connectivity index (χ3v) is 6.80. The summed E-state index contributed by atoms with van der Waals surface area (Å²) < 4.78 is 12.6. The molecular weight excluding hydrogens is 420 g/mol. The topological polar surface area (TPSA) is 76.9 Å². The van der Waals surface area contributed by atoms with Crippen molar-refractivity contribution in [1.29, 1.82) is 0 Å². The third kappa shape index (κ3) is 8.74. The molecule has 0 aliphatic carbocycles. The zero-order chi connectivity index (χ0) is 23.3. The van der Waals surface area contributed by atoms with Crippen LogP contribution in [0.25, 0.3) is 0 Å². The number of amides is 1. The van der Waals surface area contributed by atoms with Gasteiger partial charge in [0, 0.05) is 57.5 Å². The Kier molecular flexibility index (Phi) is 11.2. The van der Waals surface area contributed by atoms with Crippen LogP contribution < -0.4 is 0 Å². The van der Waals surface area contributed by atoms with Gasteiger partial charge in [0.05, 0.1) is 19.8 Å². The number of imidazole rings is 1. The first kappa shape index (κ1) is 25.7. The number of carbonyl (C=O) groups excluding carboxylic acids is 2. The number of likely N-dealkylation sites (tertiary alicyclic amines) is 1. The maximum Gasteiger partial charge on any atom is 0.325 e. The number of esters is 1. The lowest BCUT2D eigenvalue weighted by Gasteiger charge is -2.40. The van der Waals surface area contributed by atoms with Crippen molar-refractivity contribution in [1.82, 2.24) is 19.4 Å². The van der Waals surface area contributed by atoms with Gasteiger partial charge in [-0.3, -0.25) is 14.5 Å². The van der Waals surface area contributed by atoms with Crippen LogP contribution in [-0.4, -0.2) is 83.3 Å². The molecule has 0 unspecified atom stereocenters. The zero-order valence-corrected chi connectivity index (χ0v) is 20.4. The fraction of sp³-hybridized carbons (Fsp3) is 0.800. The Morgan fingerprint density at radius 3 is 2.55 bits per heavy atom. The minimum Gasteiger partial charge on any atom is -0.464 e. The number of aromatic nitrogens is 2. The van der Waals surface area contributed by atoms with E-state index in [1.54, 1.807) is 12.4 Å². The van der Waals surface area contributed by atoms with Crippen molar-refractivity contribution < 1.29 is 19.1 Å². The van der Waals surface area contributed by atoms with Crippen molar-refractivity contribution >= 4 is 11.9 Å².